The fraction of sp³-hybridized carbons (Fsp3) is 0.438. The number of carbonyl (C=O) groups excluding carboxylic acids is 1. The van der Waals surface area contributed by atoms with Crippen LogP contribution < -0.4 is 5.32 Å². The van der Waals surface area contributed by atoms with Crippen LogP contribution in [0.5, 0.6) is 0 Å². The second-order valence-electron chi connectivity index (χ2n) is 5.27. The lowest BCUT2D eigenvalue weighted by Crippen LogP contribution is -2.25. The molecule has 0 aliphatic carbocycles. The van der Waals surface area contributed by atoms with E-state index in [-0.39, 0.29) is 5.91 Å². The zero-order valence-corrected chi connectivity index (χ0v) is 14.3. The SMILES string of the molecule is CCCNC(=O)CSc1nnc(C)n1-c1ccc(C)c(C)c1. The van der Waals surface area contributed by atoms with Crippen molar-refractivity contribution < 1.29 is 4.79 Å². The van der Waals surface area contributed by atoms with Gasteiger partial charge >= 0.3 is 0 Å². The maximum atomic E-state index is 11.7. The lowest BCUT2D eigenvalue weighted by Gasteiger charge is -2.10. The first-order valence-corrected chi connectivity index (χ1v) is 8.40. The molecule has 2 rings (SSSR count). The van der Waals surface area contributed by atoms with E-state index in [1.807, 2.05) is 18.4 Å². The molecule has 6 heteroatoms. The summed E-state index contributed by atoms with van der Waals surface area (Å²) < 4.78 is 1.99. The predicted octanol–water partition coefficient (Wildman–Crippen LogP) is 2.81. The number of aryl methyl sites for hydroxylation is 3. The average Bonchev–Trinajstić information content (AvgIpc) is 2.87. The third-order valence-electron chi connectivity index (χ3n) is 3.45. The molecule has 0 bridgehead atoms. The predicted molar refractivity (Wildman–Crippen MR) is 89.6 cm³/mol. The Labute approximate surface area is 135 Å². The van der Waals surface area contributed by atoms with Crippen molar-refractivity contribution in [2.75, 3.05) is 12.3 Å². The van der Waals surface area contributed by atoms with E-state index < -0.39 is 0 Å². The normalized spacial score (nSPS) is 10.7. The van der Waals surface area contributed by atoms with Gasteiger partial charge in [0.1, 0.15) is 5.82 Å². The van der Waals surface area contributed by atoms with E-state index in [1.54, 1.807) is 0 Å². The van der Waals surface area contributed by atoms with Crippen molar-refractivity contribution in [2.45, 2.75) is 39.3 Å². The molecule has 0 spiro atoms. The Morgan fingerprint density at radius 3 is 2.68 bits per heavy atom. The van der Waals surface area contributed by atoms with Crippen LogP contribution in [0.4, 0.5) is 0 Å². The van der Waals surface area contributed by atoms with Gasteiger partial charge < -0.3 is 5.32 Å². The van der Waals surface area contributed by atoms with Gasteiger partial charge in [-0.05, 0) is 50.5 Å². The van der Waals surface area contributed by atoms with Crippen molar-refractivity contribution in [3.63, 3.8) is 0 Å². The monoisotopic (exact) mass is 318 g/mol. The van der Waals surface area contributed by atoms with Gasteiger partial charge in [0, 0.05) is 12.2 Å². The molecule has 1 aromatic heterocycles. The van der Waals surface area contributed by atoms with Crippen LogP contribution in [0.1, 0.15) is 30.3 Å². The Morgan fingerprint density at radius 2 is 2.00 bits per heavy atom. The van der Waals surface area contributed by atoms with Crippen molar-refractivity contribution in [2.24, 2.45) is 0 Å². The molecule has 0 saturated carbocycles. The molecule has 0 unspecified atom stereocenters. The molecule has 1 aromatic carbocycles. The molecule has 0 saturated heterocycles. The van der Waals surface area contributed by atoms with Crippen LogP contribution in [0.15, 0.2) is 23.4 Å². The Kier molecular flexibility index (Phi) is 5.60. The smallest absolute Gasteiger partial charge is 0.230 e. The van der Waals surface area contributed by atoms with Crippen LogP contribution in [0, 0.1) is 20.8 Å². The highest BCUT2D eigenvalue weighted by atomic mass is 32.2. The second kappa shape index (κ2) is 7.45. The Balaban J connectivity index is 2.17. The summed E-state index contributed by atoms with van der Waals surface area (Å²) in [6, 6.07) is 6.26. The summed E-state index contributed by atoms with van der Waals surface area (Å²) in [5.41, 5.74) is 3.51. The van der Waals surface area contributed by atoms with Crippen molar-refractivity contribution in [3.05, 3.63) is 35.2 Å². The molecule has 0 aliphatic heterocycles. The highest BCUT2D eigenvalue weighted by Crippen LogP contribution is 2.23. The standard InChI is InChI=1S/C16H22N4OS/c1-5-8-17-15(21)10-22-16-19-18-13(4)20(16)14-7-6-11(2)12(3)9-14/h6-7,9H,5,8,10H2,1-4H3,(H,17,21). The quantitative estimate of drug-likeness (QED) is 0.832. The van der Waals surface area contributed by atoms with Gasteiger partial charge in [0.2, 0.25) is 5.91 Å². The third kappa shape index (κ3) is 3.88. The molecular weight excluding hydrogens is 296 g/mol. The summed E-state index contributed by atoms with van der Waals surface area (Å²) in [6.45, 7) is 8.84. The molecule has 2 aromatic rings. The van der Waals surface area contributed by atoms with Gasteiger partial charge in [-0.25, -0.2) is 0 Å². The largest absolute Gasteiger partial charge is 0.355 e. The Morgan fingerprint density at radius 1 is 1.23 bits per heavy atom. The highest BCUT2D eigenvalue weighted by molar-refractivity contribution is 7.99. The molecule has 1 N–H and O–H groups in total. The van der Waals surface area contributed by atoms with Crippen molar-refractivity contribution >= 4 is 17.7 Å². The van der Waals surface area contributed by atoms with Crippen LogP contribution in [0.3, 0.4) is 0 Å². The number of nitrogens with one attached hydrogen (secondary N) is 1. The first kappa shape index (κ1) is 16.5. The van der Waals surface area contributed by atoms with Crippen LogP contribution in [-0.4, -0.2) is 33.0 Å². The fourth-order valence-corrected chi connectivity index (χ4v) is 2.87. The molecule has 1 amide bonds. The summed E-state index contributed by atoms with van der Waals surface area (Å²) in [7, 11) is 0. The number of aromatic nitrogens is 3. The van der Waals surface area contributed by atoms with Crippen molar-refractivity contribution in [3.8, 4) is 5.69 Å². The fourth-order valence-electron chi connectivity index (χ4n) is 2.04. The van der Waals surface area contributed by atoms with E-state index >= 15 is 0 Å². The Bertz CT molecular complexity index is 666. The number of thioether (sulfide) groups is 1. The molecule has 5 nitrogen and oxygen atoms in total. The minimum atomic E-state index is 0.0270. The van der Waals surface area contributed by atoms with Gasteiger partial charge in [0.05, 0.1) is 5.75 Å². The molecule has 22 heavy (non-hydrogen) atoms. The molecule has 0 aliphatic rings. The second-order valence-corrected chi connectivity index (χ2v) is 6.21. The van der Waals surface area contributed by atoms with Gasteiger partial charge in [0.15, 0.2) is 5.16 Å². The molecule has 0 fully saturated rings. The number of hydrogen-bond acceptors (Lipinski definition) is 4. The average molecular weight is 318 g/mol. The lowest BCUT2D eigenvalue weighted by molar-refractivity contribution is -0.118. The third-order valence-corrected chi connectivity index (χ3v) is 4.38. The van der Waals surface area contributed by atoms with Gasteiger partial charge in [-0.3, -0.25) is 9.36 Å². The number of benzene rings is 1. The molecule has 118 valence electrons. The van der Waals surface area contributed by atoms with Crippen LogP contribution in [0.2, 0.25) is 0 Å². The molecule has 0 atom stereocenters. The van der Waals surface area contributed by atoms with E-state index in [0.29, 0.717) is 12.3 Å². The number of rotatable bonds is 6. The maximum absolute atomic E-state index is 11.7. The topological polar surface area (TPSA) is 59.8 Å². The van der Waals surface area contributed by atoms with Gasteiger partial charge in [-0.1, -0.05) is 24.8 Å². The number of carbonyl (C=O) groups is 1. The van der Waals surface area contributed by atoms with Gasteiger partial charge in [-0.15, -0.1) is 10.2 Å². The molecule has 0 radical (unpaired) electrons. The van der Waals surface area contributed by atoms with E-state index in [9.17, 15) is 4.79 Å². The van der Waals surface area contributed by atoms with Gasteiger partial charge in [-0.2, -0.15) is 0 Å². The van der Waals surface area contributed by atoms with E-state index in [0.717, 1.165) is 23.1 Å². The van der Waals surface area contributed by atoms with Crippen LogP contribution in [0.25, 0.3) is 5.69 Å². The minimum Gasteiger partial charge on any atom is -0.355 e. The molecule has 1 heterocycles. The number of nitrogens with zero attached hydrogens (tertiary/aromatic N) is 3. The van der Waals surface area contributed by atoms with Crippen LogP contribution >= 0.6 is 11.8 Å². The lowest BCUT2D eigenvalue weighted by atomic mass is 10.1. The highest BCUT2D eigenvalue weighted by Gasteiger charge is 2.13. The zero-order valence-electron chi connectivity index (χ0n) is 13.5. The maximum Gasteiger partial charge on any atom is 0.230 e. The zero-order chi connectivity index (χ0) is 16.1. The minimum absolute atomic E-state index is 0.0270. The number of hydrogen-bond donors (Lipinski definition) is 1. The number of amides is 1. The van der Waals surface area contributed by atoms with Crippen molar-refractivity contribution in [1.82, 2.24) is 20.1 Å². The summed E-state index contributed by atoms with van der Waals surface area (Å²) in [5, 5.41) is 11.9. The van der Waals surface area contributed by atoms with Gasteiger partial charge in [0.25, 0.3) is 0 Å². The van der Waals surface area contributed by atoms with E-state index in [4.69, 9.17) is 0 Å². The summed E-state index contributed by atoms with van der Waals surface area (Å²) in [4.78, 5) is 11.7. The summed E-state index contributed by atoms with van der Waals surface area (Å²) >= 11 is 1.41. The summed E-state index contributed by atoms with van der Waals surface area (Å²) in [5.74, 6) is 1.20. The first-order valence-electron chi connectivity index (χ1n) is 7.42. The Hall–Kier alpha value is -1.82. The van der Waals surface area contributed by atoms with E-state index in [1.165, 1.54) is 22.9 Å². The van der Waals surface area contributed by atoms with Crippen molar-refractivity contribution in [1.29, 1.82) is 0 Å². The molecular formula is C16H22N4OS. The van der Waals surface area contributed by atoms with E-state index in [2.05, 4.69) is 47.6 Å². The first-order chi connectivity index (χ1) is 10.5. The van der Waals surface area contributed by atoms with Crippen LogP contribution in [-0.2, 0) is 4.79 Å². The summed E-state index contributed by atoms with van der Waals surface area (Å²) in [6.07, 6.45) is 0.939.